The number of benzene rings is 1. The average molecular weight is 358 g/mol. The standard InChI is InChI=1S/C17H18N4O3S/c1-20-10-5-8-15(20)16-18-17(24-19-16)13-9-11-21(12-13)25(22,23)14-6-3-2-4-7-14/h2-8,10,13H,9,11-12H2,1H3/t13-/m0/s1. The van der Waals surface area contributed by atoms with Crippen LogP contribution in [-0.4, -0.2) is 40.5 Å². The van der Waals surface area contributed by atoms with Crippen molar-refractivity contribution in [3.8, 4) is 11.5 Å². The van der Waals surface area contributed by atoms with Crippen LogP contribution in [0.1, 0.15) is 18.2 Å². The second kappa shape index (κ2) is 6.12. The fourth-order valence-electron chi connectivity index (χ4n) is 3.09. The molecule has 130 valence electrons. The van der Waals surface area contributed by atoms with Gasteiger partial charge in [-0.1, -0.05) is 23.4 Å². The minimum atomic E-state index is -3.48. The highest BCUT2D eigenvalue weighted by atomic mass is 32.2. The predicted octanol–water partition coefficient (Wildman–Crippen LogP) is 2.25. The van der Waals surface area contributed by atoms with E-state index in [0.29, 0.717) is 36.1 Å². The lowest BCUT2D eigenvalue weighted by atomic mass is 10.1. The lowest BCUT2D eigenvalue weighted by molar-refractivity contribution is 0.354. The van der Waals surface area contributed by atoms with Crippen LogP contribution in [-0.2, 0) is 17.1 Å². The van der Waals surface area contributed by atoms with Crippen LogP contribution < -0.4 is 0 Å². The normalized spacial score (nSPS) is 18.7. The van der Waals surface area contributed by atoms with E-state index in [1.54, 1.807) is 30.3 Å². The van der Waals surface area contributed by atoms with Gasteiger partial charge in [0.15, 0.2) is 0 Å². The van der Waals surface area contributed by atoms with Gasteiger partial charge < -0.3 is 9.09 Å². The molecule has 0 aliphatic carbocycles. The summed E-state index contributed by atoms with van der Waals surface area (Å²) < 4.78 is 34.2. The Morgan fingerprint density at radius 2 is 1.96 bits per heavy atom. The van der Waals surface area contributed by atoms with Crippen LogP contribution in [0, 0.1) is 0 Å². The number of hydrogen-bond donors (Lipinski definition) is 0. The molecule has 0 bridgehead atoms. The van der Waals surface area contributed by atoms with E-state index in [9.17, 15) is 8.42 Å². The Labute approximate surface area is 145 Å². The van der Waals surface area contributed by atoms with E-state index >= 15 is 0 Å². The van der Waals surface area contributed by atoms with E-state index < -0.39 is 10.0 Å². The molecule has 25 heavy (non-hydrogen) atoms. The van der Waals surface area contributed by atoms with Crippen LogP contribution in [0.5, 0.6) is 0 Å². The SMILES string of the molecule is Cn1cccc1-c1noc([C@H]2CCN(S(=O)(=O)c3ccccc3)C2)n1. The van der Waals surface area contributed by atoms with Gasteiger partial charge in [-0.2, -0.15) is 9.29 Å². The zero-order valence-electron chi connectivity index (χ0n) is 13.7. The largest absolute Gasteiger partial charge is 0.348 e. The summed E-state index contributed by atoms with van der Waals surface area (Å²) in [6.07, 6.45) is 2.58. The topological polar surface area (TPSA) is 81.2 Å². The van der Waals surface area contributed by atoms with E-state index in [2.05, 4.69) is 10.1 Å². The first-order chi connectivity index (χ1) is 12.1. The summed E-state index contributed by atoms with van der Waals surface area (Å²) in [6, 6.07) is 12.3. The molecule has 1 fully saturated rings. The lowest BCUT2D eigenvalue weighted by Crippen LogP contribution is -2.28. The molecule has 4 rings (SSSR count). The van der Waals surface area contributed by atoms with Crippen molar-refractivity contribution in [3.63, 3.8) is 0 Å². The number of rotatable bonds is 4. The van der Waals surface area contributed by atoms with Crippen LogP contribution in [0.2, 0.25) is 0 Å². The number of nitrogens with zero attached hydrogens (tertiary/aromatic N) is 4. The number of hydrogen-bond acceptors (Lipinski definition) is 5. The first kappa shape index (κ1) is 16.0. The van der Waals surface area contributed by atoms with Gasteiger partial charge in [0.1, 0.15) is 0 Å². The van der Waals surface area contributed by atoms with Crippen molar-refractivity contribution in [3.05, 3.63) is 54.6 Å². The Balaban J connectivity index is 1.54. The zero-order valence-corrected chi connectivity index (χ0v) is 14.6. The molecule has 7 nitrogen and oxygen atoms in total. The third kappa shape index (κ3) is 2.87. The number of sulfonamides is 1. The van der Waals surface area contributed by atoms with Crippen LogP contribution in [0.4, 0.5) is 0 Å². The maximum atomic E-state index is 12.7. The molecular formula is C17H18N4O3S. The smallest absolute Gasteiger partial charge is 0.243 e. The molecule has 2 aromatic heterocycles. The number of aromatic nitrogens is 3. The van der Waals surface area contributed by atoms with Gasteiger partial charge in [0.05, 0.1) is 16.5 Å². The third-order valence-electron chi connectivity index (χ3n) is 4.50. The molecule has 3 aromatic rings. The molecule has 1 aromatic carbocycles. The summed E-state index contributed by atoms with van der Waals surface area (Å²) in [5.41, 5.74) is 0.863. The molecule has 1 aliphatic heterocycles. The van der Waals surface area contributed by atoms with Gasteiger partial charge in [-0.05, 0) is 30.7 Å². The van der Waals surface area contributed by atoms with E-state index in [0.717, 1.165) is 5.69 Å². The van der Waals surface area contributed by atoms with Gasteiger partial charge >= 0.3 is 0 Å². The molecule has 0 unspecified atom stereocenters. The molecule has 0 N–H and O–H groups in total. The first-order valence-electron chi connectivity index (χ1n) is 8.06. The summed E-state index contributed by atoms with van der Waals surface area (Å²) >= 11 is 0. The molecule has 0 spiro atoms. The fraction of sp³-hybridized carbons (Fsp3) is 0.294. The van der Waals surface area contributed by atoms with Gasteiger partial charge in [-0.25, -0.2) is 8.42 Å². The minimum absolute atomic E-state index is 0.0833. The third-order valence-corrected chi connectivity index (χ3v) is 6.38. The summed E-state index contributed by atoms with van der Waals surface area (Å²) in [6.45, 7) is 0.801. The summed E-state index contributed by atoms with van der Waals surface area (Å²) in [4.78, 5) is 4.78. The summed E-state index contributed by atoms with van der Waals surface area (Å²) in [7, 11) is -1.57. The van der Waals surface area contributed by atoms with Crippen molar-refractivity contribution in [1.29, 1.82) is 0 Å². The lowest BCUT2D eigenvalue weighted by Gasteiger charge is -2.15. The Morgan fingerprint density at radius 3 is 2.68 bits per heavy atom. The second-order valence-electron chi connectivity index (χ2n) is 6.12. The van der Waals surface area contributed by atoms with Crippen molar-refractivity contribution >= 4 is 10.0 Å². The number of aryl methyl sites for hydroxylation is 1. The highest BCUT2D eigenvalue weighted by molar-refractivity contribution is 7.89. The van der Waals surface area contributed by atoms with Crippen LogP contribution in [0.3, 0.4) is 0 Å². The van der Waals surface area contributed by atoms with Crippen molar-refractivity contribution in [2.45, 2.75) is 17.2 Å². The van der Waals surface area contributed by atoms with Crippen molar-refractivity contribution in [2.75, 3.05) is 13.1 Å². The highest BCUT2D eigenvalue weighted by Crippen LogP contribution is 2.31. The predicted molar refractivity (Wildman–Crippen MR) is 91.3 cm³/mol. The fourth-order valence-corrected chi connectivity index (χ4v) is 4.61. The Morgan fingerprint density at radius 1 is 1.16 bits per heavy atom. The van der Waals surface area contributed by atoms with Crippen molar-refractivity contribution in [1.82, 2.24) is 19.0 Å². The molecule has 0 amide bonds. The molecule has 0 saturated carbocycles. The minimum Gasteiger partial charge on any atom is -0.348 e. The van der Waals surface area contributed by atoms with Gasteiger partial charge in [-0.15, -0.1) is 0 Å². The van der Waals surface area contributed by atoms with Crippen LogP contribution >= 0.6 is 0 Å². The van der Waals surface area contributed by atoms with E-state index in [1.165, 1.54) is 4.31 Å². The quantitative estimate of drug-likeness (QED) is 0.714. The average Bonchev–Trinajstić information content (AvgIpc) is 3.35. The zero-order chi connectivity index (χ0) is 17.4. The van der Waals surface area contributed by atoms with E-state index in [1.807, 2.05) is 29.9 Å². The van der Waals surface area contributed by atoms with Crippen molar-refractivity contribution < 1.29 is 12.9 Å². The summed E-state index contributed by atoms with van der Waals surface area (Å²) in [5, 5.41) is 4.03. The Bertz CT molecular complexity index is 978. The molecular weight excluding hydrogens is 340 g/mol. The Hall–Kier alpha value is -2.45. The molecule has 1 atom stereocenters. The monoisotopic (exact) mass is 358 g/mol. The highest BCUT2D eigenvalue weighted by Gasteiger charge is 2.35. The van der Waals surface area contributed by atoms with Crippen LogP contribution in [0.25, 0.3) is 11.5 Å². The first-order valence-corrected chi connectivity index (χ1v) is 9.50. The van der Waals surface area contributed by atoms with E-state index in [4.69, 9.17) is 4.52 Å². The maximum Gasteiger partial charge on any atom is 0.243 e. The van der Waals surface area contributed by atoms with Crippen molar-refractivity contribution in [2.24, 2.45) is 7.05 Å². The van der Waals surface area contributed by atoms with Gasteiger partial charge in [0, 0.05) is 26.3 Å². The Kier molecular flexibility index (Phi) is 3.93. The molecule has 0 radical (unpaired) electrons. The maximum absolute atomic E-state index is 12.7. The van der Waals surface area contributed by atoms with Gasteiger partial charge in [0.2, 0.25) is 21.7 Å². The molecule has 3 heterocycles. The second-order valence-corrected chi connectivity index (χ2v) is 8.06. The van der Waals surface area contributed by atoms with Gasteiger partial charge in [-0.3, -0.25) is 0 Å². The van der Waals surface area contributed by atoms with E-state index in [-0.39, 0.29) is 5.92 Å². The summed E-state index contributed by atoms with van der Waals surface area (Å²) in [5.74, 6) is 0.925. The van der Waals surface area contributed by atoms with Crippen LogP contribution in [0.15, 0.2) is 58.1 Å². The van der Waals surface area contributed by atoms with Gasteiger partial charge in [0.25, 0.3) is 0 Å². The molecule has 8 heteroatoms. The molecule has 1 saturated heterocycles. The molecule has 1 aliphatic rings.